The van der Waals surface area contributed by atoms with Crippen molar-refractivity contribution in [1.82, 2.24) is 10.9 Å². The van der Waals surface area contributed by atoms with E-state index in [4.69, 9.17) is 14.2 Å². The van der Waals surface area contributed by atoms with Gasteiger partial charge in [0.05, 0.1) is 32.5 Å². The molecule has 0 saturated heterocycles. The zero-order valence-electron chi connectivity index (χ0n) is 17.2. The SMILES string of the molecule is CCOc1cc(NC(C)=O)ccc1C(=O)NNC(C#N)c1ccc(OC)c(OC)c1. The van der Waals surface area contributed by atoms with Crippen molar-refractivity contribution < 1.29 is 23.8 Å². The number of nitrogens with one attached hydrogen (secondary N) is 3. The van der Waals surface area contributed by atoms with E-state index in [1.165, 1.54) is 27.2 Å². The van der Waals surface area contributed by atoms with E-state index in [9.17, 15) is 14.9 Å². The van der Waals surface area contributed by atoms with Crippen molar-refractivity contribution in [1.29, 1.82) is 5.26 Å². The van der Waals surface area contributed by atoms with Crippen LogP contribution < -0.4 is 30.4 Å². The Labute approximate surface area is 174 Å². The molecule has 0 spiro atoms. The fraction of sp³-hybridized carbons (Fsp3) is 0.286. The molecular formula is C21H24N4O5. The van der Waals surface area contributed by atoms with Gasteiger partial charge in [0.25, 0.3) is 5.91 Å². The third-order valence-corrected chi connectivity index (χ3v) is 4.05. The van der Waals surface area contributed by atoms with Gasteiger partial charge in [-0.05, 0) is 36.8 Å². The van der Waals surface area contributed by atoms with Crippen LogP contribution in [0.2, 0.25) is 0 Å². The average Bonchev–Trinajstić information content (AvgIpc) is 2.73. The Bertz CT molecular complexity index is 955. The highest BCUT2D eigenvalue weighted by molar-refractivity contribution is 5.98. The molecule has 0 fully saturated rings. The lowest BCUT2D eigenvalue weighted by Gasteiger charge is -2.17. The van der Waals surface area contributed by atoms with E-state index in [0.29, 0.717) is 35.1 Å². The number of ether oxygens (including phenoxy) is 3. The molecule has 2 aromatic rings. The molecule has 2 aromatic carbocycles. The molecule has 0 aromatic heterocycles. The number of rotatable bonds is 9. The summed E-state index contributed by atoms with van der Waals surface area (Å²) in [5.41, 5.74) is 6.58. The van der Waals surface area contributed by atoms with Gasteiger partial charge in [-0.2, -0.15) is 5.26 Å². The Morgan fingerprint density at radius 1 is 1.07 bits per heavy atom. The number of methoxy groups -OCH3 is 2. The predicted molar refractivity (Wildman–Crippen MR) is 110 cm³/mol. The minimum absolute atomic E-state index is 0.233. The summed E-state index contributed by atoms with van der Waals surface area (Å²) in [7, 11) is 3.02. The number of nitriles is 1. The highest BCUT2D eigenvalue weighted by Gasteiger charge is 2.18. The van der Waals surface area contributed by atoms with Gasteiger partial charge in [0, 0.05) is 18.7 Å². The topological polar surface area (TPSA) is 122 Å². The molecule has 1 unspecified atom stereocenters. The molecule has 0 heterocycles. The molecule has 3 N–H and O–H groups in total. The largest absolute Gasteiger partial charge is 0.493 e. The normalized spacial score (nSPS) is 11.0. The van der Waals surface area contributed by atoms with Gasteiger partial charge < -0.3 is 19.5 Å². The molecular weight excluding hydrogens is 388 g/mol. The van der Waals surface area contributed by atoms with E-state index in [2.05, 4.69) is 22.2 Å². The molecule has 0 aliphatic heterocycles. The Balaban J connectivity index is 2.17. The second-order valence-corrected chi connectivity index (χ2v) is 6.10. The summed E-state index contributed by atoms with van der Waals surface area (Å²) in [4.78, 5) is 23.9. The van der Waals surface area contributed by atoms with Crippen molar-refractivity contribution in [2.24, 2.45) is 0 Å². The molecule has 2 rings (SSSR count). The van der Waals surface area contributed by atoms with Crippen molar-refractivity contribution in [3.05, 3.63) is 47.5 Å². The maximum absolute atomic E-state index is 12.7. The first-order valence-corrected chi connectivity index (χ1v) is 9.15. The fourth-order valence-electron chi connectivity index (χ4n) is 2.69. The minimum atomic E-state index is -0.831. The van der Waals surface area contributed by atoms with Gasteiger partial charge in [-0.3, -0.25) is 15.0 Å². The number of carbonyl (C=O) groups excluding carboxylic acids is 2. The van der Waals surface area contributed by atoms with E-state index in [0.717, 1.165) is 0 Å². The van der Waals surface area contributed by atoms with Gasteiger partial charge in [0.15, 0.2) is 11.5 Å². The number of amides is 2. The summed E-state index contributed by atoms with van der Waals surface area (Å²) < 4.78 is 16.0. The van der Waals surface area contributed by atoms with Crippen LogP contribution in [0.3, 0.4) is 0 Å². The van der Waals surface area contributed by atoms with Crippen LogP contribution in [-0.4, -0.2) is 32.6 Å². The Kier molecular flexibility index (Phi) is 8.02. The van der Waals surface area contributed by atoms with Crippen molar-refractivity contribution in [2.75, 3.05) is 26.1 Å². The molecule has 0 saturated carbocycles. The summed E-state index contributed by atoms with van der Waals surface area (Å²) >= 11 is 0. The lowest BCUT2D eigenvalue weighted by atomic mass is 10.1. The molecule has 1 atom stereocenters. The van der Waals surface area contributed by atoms with E-state index >= 15 is 0 Å². The van der Waals surface area contributed by atoms with Crippen LogP contribution in [-0.2, 0) is 4.79 Å². The third-order valence-electron chi connectivity index (χ3n) is 4.05. The quantitative estimate of drug-likeness (QED) is 0.541. The highest BCUT2D eigenvalue weighted by Crippen LogP contribution is 2.30. The number of hydrogen-bond acceptors (Lipinski definition) is 7. The van der Waals surface area contributed by atoms with Crippen molar-refractivity contribution in [2.45, 2.75) is 19.9 Å². The smallest absolute Gasteiger partial charge is 0.269 e. The number of nitrogens with zero attached hydrogens (tertiary/aromatic N) is 1. The first-order chi connectivity index (χ1) is 14.4. The second-order valence-electron chi connectivity index (χ2n) is 6.10. The fourth-order valence-corrected chi connectivity index (χ4v) is 2.69. The zero-order chi connectivity index (χ0) is 22.1. The zero-order valence-corrected chi connectivity index (χ0v) is 17.2. The van der Waals surface area contributed by atoms with Gasteiger partial charge in [0.2, 0.25) is 5.91 Å². The van der Waals surface area contributed by atoms with Crippen LogP contribution in [0.4, 0.5) is 5.69 Å². The molecule has 0 radical (unpaired) electrons. The maximum Gasteiger partial charge on any atom is 0.269 e. The van der Waals surface area contributed by atoms with Gasteiger partial charge in [-0.1, -0.05) is 6.07 Å². The maximum atomic E-state index is 12.7. The standard InChI is InChI=1S/C21H24N4O5/c1-5-30-19-11-15(23-13(2)26)7-8-16(19)21(27)25-24-17(12-22)14-6-9-18(28-3)20(10-14)29-4/h6-11,17,24H,5H2,1-4H3,(H,23,26)(H,25,27). The molecule has 2 amide bonds. The van der Waals surface area contributed by atoms with E-state index in [1.54, 1.807) is 37.3 Å². The number of carbonyl (C=O) groups is 2. The lowest BCUT2D eigenvalue weighted by Crippen LogP contribution is -2.39. The van der Waals surface area contributed by atoms with Gasteiger partial charge >= 0.3 is 0 Å². The van der Waals surface area contributed by atoms with Gasteiger partial charge in [0.1, 0.15) is 11.8 Å². The highest BCUT2D eigenvalue weighted by atomic mass is 16.5. The van der Waals surface area contributed by atoms with Crippen LogP contribution in [0.25, 0.3) is 0 Å². The number of hydrazine groups is 1. The Morgan fingerprint density at radius 3 is 2.40 bits per heavy atom. The molecule has 9 nitrogen and oxygen atoms in total. The molecule has 9 heteroatoms. The van der Waals surface area contributed by atoms with Gasteiger partial charge in [-0.15, -0.1) is 0 Å². The molecule has 158 valence electrons. The van der Waals surface area contributed by atoms with Crippen LogP contribution >= 0.6 is 0 Å². The first-order valence-electron chi connectivity index (χ1n) is 9.15. The first kappa shape index (κ1) is 22.5. The summed E-state index contributed by atoms with van der Waals surface area (Å²) in [6.07, 6.45) is 0. The Morgan fingerprint density at radius 2 is 1.80 bits per heavy atom. The summed E-state index contributed by atoms with van der Waals surface area (Å²) in [5, 5.41) is 12.2. The van der Waals surface area contributed by atoms with E-state index in [1.807, 2.05) is 0 Å². The summed E-state index contributed by atoms with van der Waals surface area (Å²) in [6.45, 7) is 3.51. The molecule has 0 bridgehead atoms. The molecule has 30 heavy (non-hydrogen) atoms. The number of benzene rings is 2. The van der Waals surface area contributed by atoms with Crippen LogP contribution in [0.15, 0.2) is 36.4 Å². The van der Waals surface area contributed by atoms with E-state index < -0.39 is 11.9 Å². The van der Waals surface area contributed by atoms with E-state index in [-0.39, 0.29) is 11.5 Å². The summed E-state index contributed by atoms with van der Waals surface area (Å²) in [6, 6.07) is 11.0. The van der Waals surface area contributed by atoms with Crippen molar-refractivity contribution >= 4 is 17.5 Å². The third kappa shape index (κ3) is 5.62. The predicted octanol–water partition coefficient (Wildman–Crippen LogP) is 2.56. The Hall–Kier alpha value is -3.77. The number of hydrogen-bond donors (Lipinski definition) is 3. The average molecular weight is 412 g/mol. The lowest BCUT2D eigenvalue weighted by molar-refractivity contribution is -0.114. The van der Waals surface area contributed by atoms with Crippen molar-refractivity contribution in [3.8, 4) is 23.3 Å². The monoisotopic (exact) mass is 412 g/mol. The summed E-state index contributed by atoms with van der Waals surface area (Å²) in [5.74, 6) is 0.581. The van der Waals surface area contributed by atoms with Crippen LogP contribution in [0.1, 0.15) is 35.8 Å². The van der Waals surface area contributed by atoms with Crippen LogP contribution in [0.5, 0.6) is 17.2 Å². The minimum Gasteiger partial charge on any atom is -0.493 e. The molecule has 0 aliphatic rings. The second kappa shape index (κ2) is 10.7. The van der Waals surface area contributed by atoms with Gasteiger partial charge in [-0.25, -0.2) is 5.43 Å². The number of anilines is 1. The van der Waals surface area contributed by atoms with Crippen LogP contribution in [0, 0.1) is 11.3 Å². The van der Waals surface area contributed by atoms with Crippen molar-refractivity contribution in [3.63, 3.8) is 0 Å². The molecule has 0 aliphatic carbocycles.